The Bertz CT molecular complexity index is 736. The Morgan fingerprint density at radius 2 is 2.10 bits per heavy atom. The molecule has 2 N–H and O–H groups in total. The number of imidazole rings is 1. The van der Waals surface area contributed by atoms with Gasteiger partial charge in [-0.2, -0.15) is 0 Å². The van der Waals surface area contributed by atoms with E-state index in [0.29, 0.717) is 18.4 Å². The minimum Gasteiger partial charge on any atom is -0.487 e. The molecule has 0 amide bonds. The molecule has 0 saturated heterocycles. The topological polar surface area (TPSA) is 87.2 Å². The normalized spacial score (nSPS) is 11.9. The molecule has 0 fully saturated rings. The molecule has 7 heteroatoms. The molecule has 0 spiro atoms. The Kier molecular flexibility index (Phi) is 4.34. The maximum absolute atomic E-state index is 11.3. The van der Waals surface area contributed by atoms with Crippen molar-refractivity contribution in [3.05, 3.63) is 42.0 Å². The summed E-state index contributed by atoms with van der Waals surface area (Å²) in [5.41, 5.74) is 1.68. The van der Waals surface area contributed by atoms with Gasteiger partial charge in [0.25, 0.3) is 0 Å². The van der Waals surface area contributed by atoms with Crippen molar-refractivity contribution in [1.82, 2.24) is 9.55 Å². The van der Waals surface area contributed by atoms with Gasteiger partial charge < -0.3 is 9.30 Å². The molecule has 0 aliphatic heterocycles. The van der Waals surface area contributed by atoms with Crippen molar-refractivity contribution in [3.63, 3.8) is 0 Å². The first kappa shape index (κ1) is 15.5. The maximum Gasteiger partial charge on any atom is 0.238 e. The van der Waals surface area contributed by atoms with Crippen LogP contribution in [0.1, 0.15) is 31.1 Å². The average molecular weight is 309 g/mol. The third kappa shape index (κ3) is 3.62. The largest absolute Gasteiger partial charge is 0.487 e. The van der Waals surface area contributed by atoms with Crippen LogP contribution in [0.15, 0.2) is 35.6 Å². The maximum atomic E-state index is 11.3. The number of nitrogens with zero attached hydrogens (tertiary/aromatic N) is 2. The fourth-order valence-corrected chi connectivity index (χ4v) is 2.62. The fourth-order valence-electron chi connectivity index (χ4n) is 2.02. The molecule has 0 radical (unpaired) electrons. The average Bonchev–Trinajstić information content (AvgIpc) is 2.84. The molecule has 114 valence electrons. The minimum absolute atomic E-state index is 0.0829. The van der Waals surface area contributed by atoms with Crippen molar-refractivity contribution in [3.8, 4) is 5.75 Å². The van der Waals surface area contributed by atoms with Gasteiger partial charge in [0.05, 0.1) is 23.1 Å². The first-order valence-corrected chi connectivity index (χ1v) is 8.10. The number of benzene rings is 1. The van der Waals surface area contributed by atoms with Crippen LogP contribution < -0.4 is 9.88 Å². The van der Waals surface area contributed by atoms with E-state index in [-0.39, 0.29) is 4.90 Å². The highest BCUT2D eigenvalue weighted by atomic mass is 32.2. The molecule has 6 nitrogen and oxygen atoms in total. The number of aryl methyl sites for hydroxylation is 1. The summed E-state index contributed by atoms with van der Waals surface area (Å²) in [7, 11) is -3.69. The summed E-state index contributed by atoms with van der Waals surface area (Å²) in [5.74, 6) is 0.624. The molecule has 0 bridgehead atoms. The van der Waals surface area contributed by atoms with E-state index in [1.165, 1.54) is 12.1 Å². The minimum atomic E-state index is -3.69. The number of ether oxygens (including phenoxy) is 1. The van der Waals surface area contributed by atoms with Crippen molar-refractivity contribution < 1.29 is 13.2 Å². The van der Waals surface area contributed by atoms with Crippen molar-refractivity contribution in [1.29, 1.82) is 0 Å². The molecule has 21 heavy (non-hydrogen) atoms. The van der Waals surface area contributed by atoms with Gasteiger partial charge in [-0.1, -0.05) is 0 Å². The smallest absolute Gasteiger partial charge is 0.238 e. The van der Waals surface area contributed by atoms with Gasteiger partial charge in [0.15, 0.2) is 0 Å². The van der Waals surface area contributed by atoms with Gasteiger partial charge in [-0.25, -0.2) is 18.5 Å². The molecular formula is C14H19N3O3S. The molecule has 2 aromatic rings. The van der Waals surface area contributed by atoms with Crippen LogP contribution in [0.2, 0.25) is 0 Å². The Hall–Kier alpha value is -1.86. The number of aromatic nitrogens is 2. The van der Waals surface area contributed by atoms with Gasteiger partial charge in [0.2, 0.25) is 10.0 Å². The van der Waals surface area contributed by atoms with Gasteiger partial charge >= 0.3 is 0 Å². The highest BCUT2D eigenvalue weighted by molar-refractivity contribution is 7.89. The van der Waals surface area contributed by atoms with E-state index in [0.717, 1.165) is 11.3 Å². The molecule has 0 aliphatic carbocycles. The highest BCUT2D eigenvalue weighted by Gasteiger charge is 2.11. The van der Waals surface area contributed by atoms with E-state index in [9.17, 15) is 8.42 Å². The summed E-state index contributed by atoms with van der Waals surface area (Å²) < 4.78 is 30.3. The summed E-state index contributed by atoms with van der Waals surface area (Å²) in [4.78, 5) is 4.19. The third-order valence-corrected chi connectivity index (χ3v) is 4.06. The molecule has 2 rings (SSSR count). The summed E-state index contributed by atoms with van der Waals surface area (Å²) in [6.07, 6.45) is 3.52. The third-order valence-electron chi connectivity index (χ3n) is 3.15. The lowest BCUT2D eigenvalue weighted by atomic mass is 10.2. The van der Waals surface area contributed by atoms with E-state index in [2.05, 4.69) is 18.8 Å². The van der Waals surface area contributed by atoms with Crippen molar-refractivity contribution in [2.75, 3.05) is 0 Å². The molecule has 0 saturated carbocycles. The predicted molar refractivity (Wildman–Crippen MR) is 79.5 cm³/mol. The van der Waals surface area contributed by atoms with Crippen molar-refractivity contribution in [2.24, 2.45) is 5.14 Å². The van der Waals surface area contributed by atoms with Crippen LogP contribution in [0.3, 0.4) is 0 Å². The second kappa shape index (κ2) is 5.87. The number of sulfonamides is 1. The number of nitrogens with two attached hydrogens (primary N) is 1. The summed E-state index contributed by atoms with van der Waals surface area (Å²) in [6.45, 7) is 6.28. The Balaban J connectivity index is 2.16. The van der Waals surface area contributed by atoms with Crippen LogP contribution in [0.25, 0.3) is 0 Å². The zero-order valence-electron chi connectivity index (χ0n) is 12.3. The molecule has 1 aromatic carbocycles. The Morgan fingerprint density at radius 3 is 2.67 bits per heavy atom. The second-order valence-corrected chi connectivity index (χ2v) is 6.71. The first-order valence-electron chi connectivity index (χ1n) is 6.56. The molecular weight excluding hydrogens is 290 g/mol. The van der Waals surface area contributed by atoms with E-state index < -0.39 is 10.0 Å². The molecule has 0 atom stereocenters. The Morgan fingerprint density at radius 1 is 1.38 bits per heavy atom. The van der Waals surface area contributed by atoms with Gasteiger partial charge in [-0.05, 0) is 44.5 Å². The van der Waals surface area contributed by atoms with Crippen molar-refractivity contribution >= 4 is 10.0 Å². The molecule has 1 aromatic heterocycles. The van der Waals surface area contributed by atoms with Crippen LogP contribution in [0.5, 0.6) is 5.75 Å². The van der Waals surface area contributed by atoms with Crippen LogP contribution >= 0.6 is 0 Å². The lowest BCUT2D eigenvalue weighted by Gasteiger charge is -2.14. The summed E-state index contributed by atoms with van der Waals surface area (Å²) >= 11 is 0. The van der Waals surface area contributed by atoms with Crippen LogP contribution in [0.4, 0.5) is 0 Å². The van der Waals surface area contributed by atoms with Crippen LogP contribution in [-0.4, -0.2) is 18.0 Å². The van der Waals surface area contributed by atoms with E-state index in [4.69, 9.17) is 9.88 Å². The standard InChI is InChI=1S/C14H19N3O3S/c1-10(2)17-9-16-7-12(17)8-20-14-5-4-13(6-11(14)3)21(15,18)19/h4-7,9-10H,8H2,1-3H3,(H2,15,18,19). The van der Waals surface area contributed by atoms with Gasteiger partial charge in [0.1, 0.15) is 12.4 Å². The quantitative estimate of drug-likeness (QED) is 0.915. The lowest BCUT2D eigenvalue weighted by molar-refractivity contribution is 0.290. The SMILES string of the molecule is Cc1cc(S(N)(=O)=O)ccc1OCc1cncn1C(C)C. The number of hydrogen-bond acceptors (Lipinski definition) is 4. The predicted octanol–water partition coefficient (Wildman–Crippen LogP) is 2.00. The van der Waals surface area contributed by atoms with E-state index in [1.807, 2.05) is 4.57 Å². The van der Waals surface area contributed by atoms with Gasteiger partial charge in [0, 0.05) is 6.04 Å². The van der Waals surface area contributed by atoms with Crippen LogP contribution in [-0.2, 0) is 16.6 Å². The first-order chi connectivity index (χ1) is 9.79. The molecule has 0 unspecified atom stereocenters. The molecule has 0 aliphatic rings. The molecule has 1 heterocycles. The van der Waals surface area contributed by atoms with Gasteiger partial charge in [-0.15, -0.1) is 0 Å². The van der Waals surface area contributed by atoms with E-state index in [1.54, 1.807) is 25.5 Å². The van der Waals surface area contributed by atoms with Gasteiger partial charge in [-0.3, -0.25) is 0 Å². The number of rotatable bonds is 5. The van der Waals surface area contributed by atoms with Crippen molar-refractivity contribution in [2.45, 2.75) is 38.3 Å². The highest BCUT2D eigenvalue weighted by Crippen LogP contribution is 2.22. The zero-order valence-corrected chi connectivity index (χ0v) is 13.1. The number of primary sulfonamides is 1. The number of hydrogen-bond donors (Lipinski definition) is 1. The lowest BCUT2D eigenvalue weighted by Crippen LogP contribution is -2.12. The zero-order chi connectivity index (χ0) is 15.6. The fraction of sp³-hybridized carbons (Fsp3) is 0.357. The van der Waals surface area contributed by atoms with Crippen LogP contribution in [0, 0.1) is 6.92 Å². The monoisotopic (exact) mass is 309 g/mol. The second-order valence-electron chi connectivity index (χ2n) is 5.15. The Labute approximate surface area is 124 Å². The summed E-state index contributed by atoms with van der Waals surface area (Å²) in [6, 6.07) is 4.87. The summed E-state index contributed by atoms with van der Waals surface area (Å²) in [5, 5.41) is 5.10. The van der Waals surface area contributed by atoms with E-state index >= 15 is 0 Å².